The van der Waals surface area contributed by atoms with Gasteiger partial charge in [0.05, 0.1) is 23.8 Å². The Bertz CT molecular complexity index is 385. The van der Waals surface area contributed by atoms with Gasteiger partial charge in [-0.2, -0.15) is 0 Å². The first-order valence-corrected chi connectivity index (χ1v) is 7.44. The fraction of sp³-hybridized carbons (Fsp3) is 0.667. The molecule has 1 aliphatic rings. The zero-order valence-corrected chi connectivity index (χ0v) is 12.3. The number of hydrogen-bond donors (Lipinski definition) is 2. The van der Waals surface area contributed by atoms with Crippen molar-refractivity contribution in [3.63, 3.8) is 0 Å². The quantitative estimate of drug-likeness (QED) is 0.658. The number of ether oxygens (including phenoxy) is 1. The SMILES string of the molecule is CC(C)N1CCOC(C(NN)c2sccc2Cl)C1. The first kappa shape index (κ1) is 14.2. The molecule has 1 aromatic rings. The average Bonchev–Trinajstić information content (AvgIpc) is 2.77. The van der Waals surface area contributed by atoms with E-state index in [1.165, 1.54) is 0 Å². The molecular formula is C12H20ClN3OS. The minimum Gasteiger partial charge on any atom is -0.373 e. The van der Waals surface area contributed by atoms with Crippen molar-refractivity contribution >= 4 is 22.9 Å². The summed E-state index contributed by atoms with van der Waals surface area (Å²) in [5.41, 5.74) is 2.85. The van der Waals surface area contributed by atoms with Gasteiger partial charge in [0.2, 0.25) is 0 Å². The highest BCUT2D eigenvalue weighted by atomic mass is 35.5. The van der Waals surface area contributed by atoms with Crippen LogP contribution in [-0.4, -0.2) is 36.7 Å². The molecule has 0 bridgehead atoms. The number of rotatable bonds is 4. The molecule has 2 unspecified atom stereocenters. The van der Waals surface area contributed by atoms with Crippen LogP contribution in [0.5, 0.6) is 0 Å². The lowest BCUT2D eigenvalue weighted by Crippen LogP contribution is -2.51. The summed E-state index contributed by atoms with van der Waals surface area (Å²) in [5.74, 6) is 5.68. The summed E-state index contributed by atoms with van der Waals surface area (Å²) in [5, 5.41) is 2.73. The molecule has 0 saturated carbocycles. The van der Waals surface area contributed by atoms with Crippen molar-refractivity contribution in [1.29, 1.82) is 0 Å². The van der Waals surface area contributed by atoms with Gasteiger partial charge in [0.15, 0.2) is 0 Å². The van der Waals surface area contributed by atoms with Gasteiger partial charge in [0.25, 0.3) is 0 Å². The van der Waals surface area contributed by atoms with Crippen LogP contribution in [0.3, 0.4) is 0 Å². The summed E-state index contributed by atoms with van der Waals surface area (Å²) in [6, 6.07) is 2.38. The van der Waals surface area contributed by atoms with E-state index < -0.39 is 0 Å². The number of nitrogens with two attached hydrogens (primary N) is 1. The van der Waals surface area contributed by atoms with E-state index in [2.05, 4.69) is 24.2 Å². The van der Waals surface area contributed by atoms with Crippen LogP contribution in [0.4, 0.5) is 0 Å². The zero-order chi connectivity index (χ0) is 13.1. The topological polar surface area (TPSA) is 50.5 Å². The van der Waals surface area contributed by atoms with E-state index >= 15 is 0 Å². The predicted molar refractivity (Wildman–Crippen MR) is 75.8 cm³/mol. The molecule has 0 aliphatic carbocycles. The third kappa shape index (κ3) is 3.04. The Labute approximate surface area is 117 Å². The lowest BCUT2D eigenvalue weighted by atomic mass is 10.1. The number of nitrogens with zero attached hydrogens (tertiary/aromatic N) is 1. The van der Waals surface area contributed by atoms with Gasteiger partial charge in [-0.05, 0) is 25.3 Å². The summed E-state index contributed by atoms with van der Waals surface area (Å²) >= 11 is 7.79. The molecule has 18 heavy (non-hydrogen) atoms. The van der Waals surface area contributed by atoms with Gasteiger partial charge < -0.3 is 4.74 Å². The lowest BCUT2D eigenvalue weighted by Gasteiger charge is -2.38. The molecule has 3 N–H and O–H groups in total. The minimum atomic E-state index is -0.0425. The third-order valence-electron chi connectivity index (χ3n) is 3.33. The molecule has 4 nitrogen and oxygen atoms in total. The number of nitrogens with one attached hydrogen (secondary N) is 1. The van der Waals surface area contributed by atoms with Crippen LogP contribution in [0, 0.1) is 0 Å². The van der Waals surface area contributed by atoms with Crippen molar-refractivity contribution in [2.24, 2.45) is 5.84 Å². The van der Waals surface area contributed by atoms with Gasteiger partial charge in [-0.3, -0.25) is 10.7 Å². The Morgan fingerprint density at radius 3 is 2.94 bits per heavy atom. The Hall–Kier alpha value is -0.170. The van der Waals surface area contributed by atoms with E-state index in [9.17, 15) is 0 Å². The van der Waals surface area contributed by atoms with Crippen LogP contribution >= 0.6 is 22.9 Å². The van der Waals surface area contributed by atoms with E-state index in [1.54, 1.807) is 11.3 Å². The Balaban J connectivity index is 2.11. The molecule has 1 aliphatic heterocycles. The largest absolute Gasteiger partial charge is 0.373 e. The molecule has 102 valence electrons. The molecule has 6 heteroatoms. The van der Waals surface area contributed by atoms with Gasteiger partial charge in [-0.25, -0.2) is 5.43 Å². The smallest absolute Gasteiger partial charge is 0.0918 e. The monoisotopic (exact) mass is 289 g/mol. The number of morpholine rings is 1. The van der Waals surface area contributed by atoms with Gasteiger partial charge in [-0.15, -0.1) is 11.3 Å². The maximum absolute atomic E-state index is 6.18. The second-order valence-corrected chi connectivity index (χ2v) is 6.13. The van der Waals surface area contributed by atoms with Crippen molar-refractivity contribution in [3.8, 4) is 0 Å². The van der Waals surface area contributed by atoms with Crippen LogP contribution in [-0.2, 0) is 4.74 Å². The van der Waals surface area contributed by atoms with Crippen molar-refractivity contribution in [2.45, 2.75) is 32.0 Å². The van der Waals surface area contributed by atoms with Gasteiger partial charge in [0.1, 0.15) is 0 Å². The normalized spacial score (nSPS) is 23.5. The molecule has 0 spiro atoms. The molecule has 2 heterocycles. The van der Waals surface area contributed by atoms with Crippen LogP contribution in [0.15, 0.2) is 11.4 Å². The van der Waals surface area contributed by atoms with Crippen LogP contribution in [0.2, 0.25) is 5.02 Å². The first-order chi connectivity index (χ1) is 8.63. The van der Waals surface area contributed by atoms with Crippen molar-refractivity contribution in [1.82, 2.24) is 10.3 Å². The Kier molecular flexibility index (Phi) is 5.00. The standard InChI is InChI=1S/C12H20ClN3OS/c1-8(2)16-4-5-17-10(7-16)11(15-14)12-9(13)3-6-18-12/h3,6,8,10-11,15H,4-5,7,14H2,1-2H3. The third-order valence-corrected chi connectivity index (χ3v) is 4.78. The summed E-state index contributed by atoms with van der Waals surface area (Å²) < 4.78 is 5.85. The summed E-state index contributed by atoms with van der Waals surface area (Å²) in [6.45, 7) is 6.99. The highest BCUT2D eigenvalue weighted by Gasteiger charge is 2.31. The molecule has 0 radical (unpaired) electrons. The zero-order valence-electron chi connectivity index (χ0n) is 10.7. The summed E-state index contributed by atoms with van der Waals surface area (Å²) in [4.78, 5) is 3.45. The second-order valence-electron chi connectivity index (χ2n) is 4.78. The van der Waals surface area contributed by atoms with E-state index in [0.717, 1.165) is 29.6 Å². The maximum Gasteiger partial charge on any atom is 0.0918 e. The van der Waals surface area contributed by atoms with E-state index in [-0.39, 0.29) is 12.1 Å². The fourth-order valence-corrected chi connectivity index (χ4v) is 3.53. The number of hydrazine groups is 1. The predicted octanol–water partition coefficient (Wildman–Crippen LogP) is 2.02. The summed E-state index contributed by atoms with van der Waals surface area (Å²) in [7, 11) is 0. The number of halogens is 1. The number of thiophene rings is 1. The molecular weight excluding hydrogens is 270 g/mol. The molecule has 1 saturated heterocycles. The van der Waals surface area contributed by atoms with Crippen molar-refractivity contribution < 1.29 is 4.74 Å². The fourth-order valence-electron chi connectivity index (χ4n) is 2.25. The van der Waals surface area contributed by atoms with Crippen molar-refractivity contribution in [2.75, 3.05) is 19.7 Å². The van der Waals surface area contributed by atoms with Crippen LogP contribution < -0.4 is 11.3 Å². The van der Waals surface area contributed by atoms with Crippen LogP contribution in [0.1, 0.15) is 24.8 Å². The van der Waals surface area contributed by atoms with Gasteiger partial charge in [-0.1, -0.05) is 11.6 Å². The van der Waals surface area contributed by atoms with E-state index in [0.29, 0.717) is 6.04 Å². The summed E-state index contributed by atoms with van der Waals surface area (Å²) in [6.07, 6.45) is 0.0438. The van der Waals surface area contributed by atoms with E-state index in [1.807, 2.05) is 11.4 Å². The Morgan fingerprint density at radius 2 is 2.39 bits per heavy atom. The average molecular weight is 290 g/mol. The maximum atomic E-state index is 6.18. The lowest BCUT2D eigenvalue weighted by molar-refractivity contribution is -0.0555. The highest BCUT2D eigenvalue weighted by Crippen LogP contribution is 2.32. The number of hydrogen-bond acceptors (Lipinski definition) is 5. The minimum absolute atomic E-state index is 0.0425. The molecule has 0 amide bonds. The van der Waals surface area contributed by atoms with Crippen LogP contribution in [0.25, 0.3) is 0 Å². The Morgan fingerprint density at radius 1 is 1.61 bits per heavy atom. The van der Waals surface area contributed by atoms with Gasteiger partial charge in [0, 0.05) is 24.0 Å². The molecule has 2 rings (SSSR count). The molecule has 1 fully saturated rings. The second kappa shape index (κ2) is 6.32. The van der Waals surface area contributed by atoms with Gasteiger partial charge >= 0.3 is 0 Å². The van der Waals surface area contributed by atoms with E-state index in [4.69, 9.17) is 22.2 Å². The first-order valence-electron chi connectivity index (χ1n) is 6.18. The van der Waals surface area contributed by atoms with Crippen molar-refractivity contribution in [3.05, 3.63) is 21.3 Å². The molecule has 2 atom stereocenters. The highest BCUT2D eigenvalue weighted by molar-refractivity contribution is 7.10. The molecule has 1 aromatic heterocycles. The molecule has 0 aromatic carbocycles.